The molecule has 0 aliphatic heterocycles. The largest absolute Gasteiger partial charge is 0.443 e. The maximum Gasteiger partial charge on any atom is 0.228 e. The van der Waals surface area contributed by atoms with Gasteiger partial charge in [0, 0.05) is 16.2 Å². The van der Waals surface area contributed by atoms with Gasteiger partial charge in [-0.1, -0.05) is 28.1 Å². The van der Waals surface area contributed by atoms with Gasteiger partial charge in [-0.3, -0.25) is 4.79 Å². The standard InChI is InChI=1S/C15H11BrN2O2/c16-11-3-1-10(2-4-11)7-15(19)18-12-5-6-13-14(8-12)20-9-17-13/h1-6,8-9H,7H2,(H,18,19). The summed E-state index contributed by atoms with van der Waals surface area (Å²) in [5.74, 6) is -0.0637. The number of carbonyl (C=O) groups is 1. The van der Waals surface area contributed by atoms with E-state index in [2.05, 4.69) is 26.2 Å². The van der Waals surface area contributed by atoms with E-state index in [1.165, 1.54) is 6.39 Å². The van der Waals surface area contributed by atoms with Crippen molar-refractivity contribution in [3.05, 3.63) is 58.9 Å². The molecule has 100 valence electrons. The molecule has 20 heavy (non-hydrogen) atoms. The molecular formula is C15H11BrN2O2. The third-order valence-corrected chi connectivity index (χ3v) is 3.42. The second-order valence-electron chi connectivity index (χ2n) is 4.39. The first kappa shape index (κ1) is 12.9. The Morgan fingerprint density at radius 2 is 2.00 bits per heavy atom. The van der Waals surface area contributed by atoms with Crippen LogP contribution in [0.25, 0.3) is 11.1 Å². The quantitative estimate of drug-likeness (QED) is 0.795. The minimum absolute atomic E-state index is 0.0637. The van der Waals surface area contributed by atoms with Crippen molar-refractivity contribution in [2.24, 2.45) is 0 Å². The van der Waals surface area contributed by atoms with E-state index in [-0.39, 0.29) is 5.91 Å². The van der Waals surface area contributed by atoms with Crippen LogP contribution in [0.1, 0.15) is 5.56 Å². The van der Waals surface area contributed by atoms with Gasteiger partial charge in [0.05, 0.1) is 6.42 Å². The minimum atomic E-state index is -0.0637. The number of oxazole rings is 1. The number of hydrogen-bond acceptors (Lipinski definition) is 3. The van der Waals surface area contributed by atoms with Crippen molar-refractivity contribution in [1.29, 1.82) is 0 Å². The van der Waals surface area contributed by atoms with E-state index in [1.807, 2.05) is 36.4 Å². The van der Waals surface area contributed by atoms with Crippen LogP contribution in [0.5, 0.6) is 0 Å². The number of hydrogen-bond donors (Lipinski definition) is 1. The summed E-state index contributed by atoms with van der Waals surface area (Å²) >= 11 is 3.37. The normalized spacial score (nSPS) is 10.7. The van der Waals surface area contributed by atoms with Gasteiger partial charge in [0.1, 0.15) is 5.52 Å². The average molecular weight is 331 g/mol. The predicted octanol–water partition coefficient (Wildman–Crippen LogP) is 3.77. The van der Waals surface area contributed by atoms with Gasteiger partial charge < -0.3 is 9.73 Å². The first-order valence-corrected chi connectivity index (χ1v) is 6.87. The Kier molecular flexibility index (Phi) is 3.52. The van der Waals surface area contributed by atoms with Crippen molar-refractivity contribution in [3.8, 4) is 0 Å². The van der Waals surface area contributed by atoms with Crippen LogP contribution in [-0.4, -0.2) is 10.9 Å². The molecule has 0 bridgehead atoms. The number of nitrogens with zero attached hydrogens (tertiary/aromatic N) is 1. The highest BCUT2D eigenvalue weighted by atomic mass is 79.9. The molecular weight excluding hydrogens is 320 g/mol. The first-order valence-electron chi connectivity index (χ1n) is 6.08. The molecule has 2 aromatic carbocycles. The summed E-state index contributed by atoms with van der Waals surface area (Å²) in [4.78, 5) is 16.0. The number of nitrogens with one attached hydrogen (secondary N) is 1. The zero-order valence-corrected chi connectivity index (χ0v) is 12.1. The van der Waals surface area contributed by atoms with Gasteiger partial charge in [-0.2, -0.15) is 0 Å². The number of rotatable bonds is 3. The fourth-order valence-corrected chi connectivity index (χ4v) is 2.19. The monoisotopic (exact) mass is 330 g/mol. The summed E-state index contributed by atoms with van der Waals surface area (Å²) in [6.45, 7) is 0. The van der Waals surface area contributed by atoms with E-state index in [4.69, 9.17) is 4.42 Å². The molecule has 3 aromatic rings. The molecule has 0 aliphatic rings. The van der Waals surface area contributed by atoms with Gasteiger partial charge in [0.15, 0.2) is 12.0 Å². The Bertz CT molecular complexity index is 750. The van der Waals surface area contributed by atoms with E-state index in [9.17, 15) is 4.79 Å². The van der Waals surface area contributed by atoms with Crippen molar-refractivity contribution in [1.82, 2.24) is 4.98 Å². The molecule has 0 aliphatic carbocycles. The van der Waals surface area contributed by atoms with Crippen LogP contribution in [-0.2, 0) is 11.2 Å². The summed E-state index contributed by atoms with van der Waals surface area (Å²) in [5, 5.41) is 2.85. The number of halogens is 1. The molecule has 4 nitrogen and oxygen atoms in total. The lowest BCUT2D eigenvalue weighted by Gasteiger charge is -2.05. The number of anilines is 1. The van der Waals surface area contributed by atoms with Crippen LogP contribution in [0.4, 0.5) is 5.69 Å². The first-order chi connectivity index (χ1) is 9.70. The van der Waals surface area contributed by atoms with E-state index in [0.717, 1.165) is 15.6 Å². The van der Waals surface area contributed by atoms with Gasteiger partial charge in [-0.15, -0.1) is 0 Å². The molecule has 0 spiro atoms. The lowest BCUT2D eigenvalue weighted by molar-refractivity contribution is -0.115. The van der Waals surface area contributed by atoms with Crippen LogP contribution in [0.2, 0.25) is 0 Å². The lowest BCUT2D eigenvalue weighted by atomic mass is 10.1. The number of aromatic nitrogens is 1. The van der Waals surface area contributed by atoms with Gasteiger partial charge in [-0.25, -0.2) is 4.98 Å². The molecule has 1 aromatic heterocycles. The molecule has 5 heteroatoms. The molecule has 1 N–H and O–H groups in total. The number of benzene rings is 2. The lowest BCUT2D eigenvalue weighted by Crippen LogP contribution is -2.14. The number of fused-ring (bicyclic) bond motifs is 1. The SMILES string of the molecule is O=C(Cc1ccc(Br)cc1)Nc1ccc2ncoc2c1. The number of amides is 1. The Morgan fingerprint density at radius 1 is 1.20 bits per heavy atom. The third-order valence-electron chi connectivity index (χ3n) is 2.89. The van der Waals surface area contributed by atoms with Crippen molar-refractivity contribution < 1.29 is 9.21 Å². The fourth-order valence-electron chi connectivity index (χ4n) is 1.93. The fraction of sp³-hybridized carbons (Fsp3) is 0.0667. The molecule has 0 unspecified atom stereocenters. The Morgan fingerprint density at radius 3 is 2.80 bits per heavy atom. The second kappa shape index (κ2) is 5.46. The summed E-state index contributed by atoms with van der Waals surface area (Å²) in [6, 6.07) is 13.1. The molecule has 0 atom stereocenters. The third kappa shape index (κ3) is 2.88. The summed E-state index contributed by atoms with van der Waals surface area (Å²) in [5.41, 5.74) is 3.10. The van der Waals surface area contributed by atoms with Crippen LogP contribution in [0, 0.1) is 0 Å². The van der Waals surface area contributed by atoms with E-state index in [1.54, 1.807) is 6.07 Å². The summed E-state index contributed by atoms with van der Waals surface area (Å²) in [6.07, 6.45) is 1.72. The van der Waals surface area contributed by atoms with E-state index in [0.29, 0.717) is 17.7 Å². The highest BCUT2D eigenvalue weighted by molar-refractivity contribution is 9.10. The highest BCUT2D eigenvalue weighted by Gasteiger charge is 2.06. The molecule has 1 heterocycles. The van der Waals surface area contributed by atoms with Crippen molar-refractivity contribution in [2.75, 3.05) is 5.32 Å². The summed E-state index contributed by atoms with van der Waals surface area (Å²) < 4.78 is 6.20. The Labute approximate surface area is 123 Å². The van der Waals surface area contributed by atoms with Crippen molar-refractivity contribution in [2.45, 2.75) is 6.42 Å². The van der Waals surface area contributed by atoms with Gasteiger partial charge in [-0.05, 0) is 29.8 Å². The zero-order valence-electron chi connectivity index (χ0n) is 10.5. The molecule has 1 amide bonds. The Hall–Kier alpha value is -2.14. The van der Waals surface area contributed by atoms with Crippen LogP contribution >= 0.6 is 15.9 Å². The highest BCUT2D eigenvalue weighted by Crippen LogP contribution is 2.18. The van der Waals surface area contributed by atoms with Crippen molar-refractivity contribution in [3.63, 3.8) is 0 Å². The molecule has 0 saturated carbocycles. The topological polar surface area (TPSA) is 55.1 Å². The smallest absolute Gasteiger partial charge is 0.228 e. The maximum atomic E-state index is 12.0. The van der Waals surface area contributed by atoms with Gasteiger partial charge >= 0.3 is 0 Å². The predicted molar refractivity (Wildman–Crippen MR) is 80.5 cm³/mol. The number of carbonyl (C=O) groups excluding carboxylic acids is 1. The molecule has 0 fully saturated rings. The van der Waals surface area contributed by atoms with Crippen LogP contribution < -0.4 is 5.32 Å². The zero-order chi connectivity index (χ0) is 13.9. The van der Waals surface area contributed by atoms with Crippen molar-refractivity contribution >= 4 is 38.6 Å². The summed E-state index contributed by atoms with van der Waals surface area (Å²) in [7, 11) is 0. The maximum absolute atomic E-state index is 12.0. The van der Waals surface area contributed by atoms with Crippen LogP contribution in [0.3, 0.4) is 0 Å². The van der Waals surface area contributed by atoms with Gasteiger partial charge in [0.2, 0.25) is 5.91 Å². The van der Waals surface area contributed by atoms with Gasteiger partial charge in [0.25, 0.3) is 0 Å². The van der Waals surface area contributed by atoms with E-state index >= 15 is 0 Å². The second-order valence-corrected chi connectivity index (χ2v) is 5.30. The Balaban J connectivity index is 1.70. The van der Waals surface area contributed by atoms with E-state index < -0.39 is 0 Å². The average Bonchev–Trinajstić information content (AvgIpc) is 2.89. The van der Waals surface area contributed by atoms with Crippen LogP contribution in [0.15, 0.2) is 57.7 Å². The minimum Gasteiger partial charge on any atom is -0.443 e. The molecule has 0 radical (unpaired) electrons. The molecule has 0 saturated heterocycles. The molecule has 3 rings (SSSR count).